The summed E-state index contributed by atoms with van der Waals surface area (Å²) in [5.74, 6) is -4.16. The molecule has 0 radical (unpaired) electrons. The SMILES string of the molecule is CN1/C(=N/C(=O)O)N[C@](C)(c2cccc(Nc3c(N)ccc(F)c3C(F)(F)F)c2F)CS1(=O)=O. The van der Waals surface area contributed by atoms with Crippen molar-refractivity contribution in [2.75, 3.05) is 23.9 Å². The van der Waals surface area contributed by atoms with Crippen molar-refractivity contribution in [3.05, 3.63) is 53.1 Å². The molecule has 1 aliphatic heterocycles. The number of halogens is 5. The number of sulfonamides is 1. The highest BCUT2D eigenvalue weighted by Crippen LogP contribution is 2.42. The Morgan fingerprint density at radius 2 is 1.91 bits per heavy atom. The number of nitrogens with two attached hydrogens (primary N) is 1. The van der Waals surface area contributed by atoms with Crippen molar-refractivity contribution in [2.45, 2.75) is 18.6 Å². The topological polar surface area (TPSA) is 137 Å². The number of hydrogen-bond acceptors (Lipinski definition) is 5. The first-order valence-corrected chi connectivity index (χ1v) is 11.0. The lowest BCUT2D eigenvalue weighted by Crippen LogP contribution is -2.61. The third-order valence-corrected chi connectivity index (χ3v) is 7.05. The number of nitrogens with zero attached hydrogens (tertiary/aromatic N) is 2. The molecule has 5 N–H and O–H groups in total. The number of guanidine groups is 1. The Labute approximate surface area is 190 Å². The fraction of sp³-hybridized carbons (Fsp3) is 0.263. The van der Waals surface area contributed by atoms with E-state index in [9.17, 15) is 30.8 Å². The zero-order valence-corrected chi connectivity index (χ0v) is 18.4. The van der Waals surface area contributed by atoms with Gasteiger partial charge in [0.25, 0.3) is 0 Å². The highest BCUT2D eigenvalue weighted by Gasteiger charge is 2.44. The second-order valence-corrected chi connectivity index (χ2v) is 9.58. The molecule has 2 aromatic rings. The van der Waals surface area contributed by atoms with Crippen LogP contribution in [0.25, 0.3) is 0 Å². The van der Waals surface area contributed by atoms with E-state index >= 15 is 4.39 Å². The second-order valence-electron chi connectivity index (χ2n) is 7.58. The van der Waals surface area contributed by atoms with E-state index < -0.39 is 73.8 Å². The van der Waals surface area contributed by atoms with Gasteiger partial charge in [-0.1, -0.05) is 12.1 Å². The van der Waals surface area contributed by atoms with Crippen LogP contribution in [0.5, 0.6) is 0 Å². The Morgan fingerprint density at radius 3 is 2.50 bits per heavy atom. The minimum atomic E-state index is -5.16. The predicted octanol–water partition coefficient (Wildman–Crippen LogP) is 3.42. The molecule has 1 amide bonds. The standard InChI is InChI=1S/C19H18F5N5O4S/c1-18(8-34(32,33)29(2)16(28-18)27-17(30)31)9-4-3-5-12(14(9)21)26-15-11(25)7-6-10(20)13(15)19(22,23)24/h3-7,26H,8,25H2,1-2H3,(H,27,28)(H,30,31)/t18-/m0/s1. The summed E-state index contributed by atoms with van der Waals surface area (Å²) >= 11 is 0. The van der Waals surface area contributed by atoms with Gasteiger partial charge in [-0.2, -0.15) is 13.2 Å². The lowest BCUT2D eigenvalue weighted by atomic mass is 9.92. The molecular formula is C19H18F5N5O4S. The fourth-order valence-corrected chi connectivity index (χ4v) is 4.98. The first-order valence-electron chi connectivity index (χ1n) is 9.34. The van der Waals surface area contributed by atoms with Gasteiger partial charge in [0.05, 0.1) is 28.4 Å². The van der Waals surface area contributed by atoms with Crippen molar-refractivity contribution in [1.29, 1.82) is 0 Å². The lowest BCUT2D eigenvalue weighted by Gasteiger charge is -2.40. The Hall–Kier alpha value is -3.62. The van der Waals surface area contributed by atoms with E-state index in [1.54, 1.807) is 0 Å². The molecule has 1 saturated heterocycles. The van der Waals surface area contributed by atoms with Gasteiger partial charge in [-0.3, -0.25) is 0 Å². The highest BCUT2D eigenvalue weighted by molar-refractivity contribution is 7.89. The van der Waals surface area contributed by atoms with Gasteiger partial charge in [-0.15, -0.1) is 4.99 Å². The van der Waals surface area contributed by atoms with Crippen LogP contribution in [0.1, 0.15) is 18.1 Å². The minimum absolute atomic E-state index is 0.337. The van der Waals surface area contributed by atoms with Crippen molar-refractivity contribution < 1.29 is 40.3 Å². The normalized spacial score (nSPS) is 21.3. The van der Waals surface area contributed by atoms with Gasteiger partial charge in [-0.05, 0) is 25.1 Å². The van der Waals surface area contributed by atoms with E-state index in [4.69, 9.17) is 10.8 Å². The van der Waals surface area contributed by atoms with E-state index in [-0.39, 0.29) is 5.56 Å². The zero-order chi connectivity index (χ0) is 25.6. The maximum absolute atomic E-state index is 15.5. The molecule has 34 heavy (non-hydrogen) atoms. The fourth-order valence-electron chi connectivity index (χ4n) is 3.48. The van der Waals surface area contributed by atoms with Crippen molar-refractivity contribution in [3.8, 4) is 0 Å². The third-order valence-electron chi connectivity index (χ3n) is 5.10. The summed E-state index contributed by atoms with van der Waals surface area (Å²) < 4.78 is 95.5. The maximum atomic E-state index is 15.5. The summed E-state index contributed by atoms with van der Waals surface area (Å²) in [6, 6.07) is 4.81. The number of carbonyl (C=O) groups is 1. The first kappa shape index (κ1) is 25.0. The average molecular weight is 507 g/mol. The molecule has 3 rings (SSSR count). The van der Waals surface area contributed by atoms with E-state index in [1.807, 2.05) is 0 Å². The van der Waals surface area contributed by atoms with Crippen LogP contribution in [-0.4, -0.2) is 42.7 Å². The van der Waals surface area contributed by atoms with E-state index in [0.717, 1.165) is 25.2 Å². The van der Waals surface area contributed by atoms with Gasteiger partial charge in [0, 0.05) is 12.6 Å². The summed E-state index contributed by atoms with van der Waals surface area (Å²) in [6.07, 6.45) is -6.88. The Bertz CT molecular complexity index is 1300. The molecule has 0 aromatic heterocycles. The van der Waals surface area contributed by atoms with Crippen LogP contribution >= 0.6 is 0 Å². The molecule has 1 aliphatic rings. The van der Waals surface area contributed by atoms with Gasteiger partial charge in [0.15, 0.2) is 5.82 Å². The van der Waals surface area contributed by atoms with E-state index in [2.05, 4.69) is 15.6 Å². The Balaban J connectivity index is 2.13. The van der Waals surface area contributed by atoms with Crippen molar-refractivity contribution in [2.24, 2.45) is 4.99 Å². The van der Waals surface area contributed by atoms with Crippen LogP contribution in [0.15, 0.2) is 35.3 Å². The van der Waals surface area contributed by atoms with Gasteiger partial charge in [-0.25, -0.2) is 26.3 Å². The van der Waals surface area contributed by atoms with Crippen LogP contribution in [-0.2, 0) is 21.7 Å². The molecule has 184 valence electrons. The molecule has 15 heteroatoms. The molecule has 1 atom stereocenters. The highest BCUT2D eigenvalue weighted by atomic mass is 32.2. The monoisotopic (exact) mass is 507 g/mol. The molecule has 0 bridgehead atoms. The summed E-state index contributed by atoms with van der Waals surface area (Å²) in [5.41, 5.74) is -0.260. The maximum Gasteiger partial charge on any atom is 0.434 e. The van der Waals surface area contributed by atoms with Crippen LogP contribution in [0.4, 0.5) is 43.8 Å². The summed E-state index contributed by atoms with van der Waals surface area (Å²) in [7, 11) is -3.12. The van der Waals surface area contributed by atoms with Crippen LogP contribution in [0.2, 0.25) is 0 Å². The number of nitrogens with one attached hydrogen (secondary N) is 2. The number of nitrogen functional groups attached to an aromatic ring is 1. The summed E-state index contributed by atoms with van der Waals surface area (Å²) in [5, 5.41) is 13.6. The molecule has 0 saturated carbocycles. The average Bonchev–Trinajstić information content (AvgIpc) is 2.68. The van der Waals surface area contributed by atoms with Crippen LogP contribution in [0, 0.1) is 11.6 Å². The molecular weight excluding hydrogens is 489 g/mol. The van der Waals surface area contributed by atoms with Gasteiger partial charge >= 0.3 is 12.3 Å². The zero-order valence-electron chi connectivity index (χ0n) is 17.5. The van der Waals surface area contributed by atoms with Crippen LogP contribution in [0.3, 0.4) is 0 Å². The summed E-state index contributed by atoms with van der Waals surface area (Å²) in [6.45, 7) is 1.24. The number of amides is 1. The van der Waals surface area contributed by atoms with Gasteiger partial charge < -0.3 is 21.5 Å². The summed E-state index contributed by atoms with van der Waals surface area (Å²) in [4.78, 5) is 14.2. The largest absolute Gasteiger partial charge is 0.463 e. The molecule has 0 spiro atoms. The quantitative estimate of drug-likeness (QED) is 0.369. The first-order chi connectivity index (χ1) is 15.6. The Kier molecular flexibility index (Phi) is 6.11. The minimum Gasteiger partial charge on any atom is -0.463 e. The number of rotatable bonds is 3. The number of hydrogen-bond donors (Lipinski definition) is 4. The second kappa shape index (κ2) is 8.30. The molecule has 1 heterocycles. The van der Waals surface area contributed by atoms with Crippen LogP contribution < -0.4 is 16.4 Å². The van der Waals surface area contributed by atoms with Gasteiger partial charge in [0.2, 0.25) is 16.0 Å². The number of anilines is 3. The number of benzene rings is 2. The predicted molar refractivity (Wildman–Crippen MR) is 113 cm³/mol. The molecule has 0 aliphatic carbocycles. The molecule has 2 aromatic carbocycles. The van der Waals surface area contributed by atoms with Crippen molar-refractivity contribution >= 4 is 39.1 Å². The van der Waals surface area contributed by atoms with Gasteiger partial charge in [0.1, 0.15) is 11.4 Å². The molecule has 1 fully saturated rings. The number of aliphatic imine (C=N–C) groups is 1. The Morgan fingerprint density at radius 1 is 1.26 bits per heavy atom. The van der Waals surface area contributed by atoms with Crippen molar-refractivity contribution in [3.63, 3.8) is 0 Å². The number of alkyl halides is 3. The lowest BCUT2D eigenvalue weighted by molar-refractivity contribution is -0.139. The molecule has 0 unspecified atom stereocenters. The number of carboxylic acid groups (broad SMARTS) is 1. The third kappa shape index (κ3) is 4.55. The van der Waals surface area contributed by atoms with E-state index in [1.165, 1.54) is 13.0 Å². The van der Waals surface area contributed by atoms with E-state index in [0.29, 0.717) is 10.4 Å². The van der Waals surface area contributed by atoms with Crippen molar-refractivity contribution in [1.82, 2.24) is 9.62 Å². The molecule has 9 nitrogen and oxygen atoms in total. The smallest absolute Gasteiger partial charge is 0.434 e.